The molecular formula is C23H19Cl3N2O2S. The van der Waals surface area contributed by atoms with Crippen LogP contribution < -0.4 is 10.2 Å². The maximum atomic E-state index is 11.9. The standard InChI is InChI=1S/C23H19Cl3N2O2S/c24-19-8-7-17(22(26)11-19)13-30-20-9-5-16(6-10-20)12-27-28-23(29)15-31-14-18-3-1-2-4-21(18)25/h1-12H,13-15H2,(H,28,29)/b27-12-. The van der Waals surface area contributed by atoms with E-state index in [1.165, 1.54) is 11.8 Å². The normalized spacial score (nSPS) is 10.9. The maximum absolute atomic E-state index is 11.9. The van der Waals surface area contributed by atoms with E-state index in [1.54, 1.807) is 18.3 Å². The van der Waals surface area contributed by atoms with Crippen molar-refractivity contribution < 1.29 is 9.53 Å². The largest absolute Gasteiger partial charge is 0.489 e. The smallest absolute Gasteiger partial charge is 0.250 e. The lowest BCUT2D eigenvalue weighted by Crippen LogP contribution is -2.19. The Morgan fingerprint density at radius 2 is 1.74 bits per heavy atom. The molecule has 0 fully saturated rings. The molecular weight excluding hydrogens is 475 g/mol. The predicted molar refractivity (Wildman–Crippen MR) is 131 cm³/mol. The highest BCUT2D eigenvalue weighted by Gasteiger charge is 2.04. The zero-order valence-electron chi connectivity index (χ0n) is 16.4. The van der Waals surface area contributed by atoms with Gasteiger partial charge in [0.25, 0.3) is 0 Å². The second kappa shape index (κ2) is 12.0. The first-order valence-corrected chi connectivity index (χ1v) is 11.6. The molecule has 0 unspecified atom stereocenters. The maximum Gasteiger partial charge on any atom is 0.250 e. The van der Waals surface area contributed by atoms with Gasteiger partial charge in [-0.2, -0.15) is 5.10 Å². The van der Waals surface area contributed by atoms with Crippen LogP contribution >= 0.6 is 46.6 Å². The number of rotatable bonds is 9. The lowest BCUT2D eigenvalue weighted by Gasteiger charge is -2.08. The van der Waals surface area contributed by atoms with Crippen molar-refractivity contribution >= 4 is 58.7 Å². The summed E-state index contributed by atoms with van der Waals surface area (Å²) in [5.41, 5.74) is 5.22. The first-order chi connectivity index (χ1) is 15.0. The minimum Gasteiger partial charge on any atom is -0.489 e. The van der Waals surface area contributed by atoms with Crippen LogP contribution in [0.1, 0.15) is 16.7 Å². The first kappa shape index (κ1) is 23.5. The van der Waals surface area contributed by atoms with Crippen molar-refractivity contribution in [2.24, 2.45) is 5.10 Å². The Labute approximate surface area is 200 Å². The molecule has 3 aromatic rings. The van der Waals surface area contributed by atoms with E-state index in [1.807, 2.05) is 54.6 Å². The van der Waals surface area contributed by atoms with E-state index in [9.17, 15) is 4.79 Å². The topological polar surface area (TPSA) is 50.7 Å². The highest BCUT2D eigenvalue weighted by Crippen LogP contribution is 2.23. The van der Waals surface area contributed by atoms with Gasteiger partial charge in [0, 0.05) is 26.4 Å². The van der Waals surface area contributed by atoms with Crippen LogP contribution in [0.2, 0.25) is 15.1 Å². The second-order valence-electron chi connectivity index (χ2n) is 6.47. The quantitative estimate of drug-likeness (QED) is 0.269. The van der Waals surface area contributed by atoms with Crippen LogP contribution in [-0.4, -0.2) is 17.9 Å². The van der Waals surface area contributed by atoms with Crippen molar-refractivity contribution in [1.29, 1.82) is 0 Å². The Kier molecular flexibility index (Phi) is 9.10. The summed E-state index contributed by atoms with van der Waals surface area (Å²) < 4.78 is 5.75. The molecule has 0 saturated heterocycles. The van der Waals surface area contributed by atoms with E-state index < -0.39 is 0 Å². The molecule has 0 bridgehead atoms. The number of hydrazone groups is 1. The van der Waals surface area contributed by atoms with Gasteiger partial charge in [-0.15, -0.1) is 11.8 Å². The fourth-order valence-corrected chi connectivity index (χ4v) is 4.10. The van der Waals surface area contributed by atoms with Crippen LogP contribution in [0.15, 0.2) is 71.8 Å². The number of halogens is 3. The van der Waals surface area contributed by atoms with E-state index in [2.05, 4.69) is 10.5 Å². The molecule has 0 aliphatic carbocycles. The molecule has 0 aliphatic heterocycles. The van der Waals surface area contributed by atoms with Gasteiger partial charge in [-0.05, 0) is 53.6 Å². The molecule has 1 N–H and O–H groups in total. The SMILES string of the molecule is O=C(CSCc1ccccc1Cl)N/N=C\c1ccc(OCc2ccc(Cl)cc2Cl)cc1. The molecule has 0 saturated carbocycles. The molecule has 0 aromatic heterocycles. The number of amides is 1. The van der Waals surface area contributed by atoms with E-state index in [4.69, 9.17) is 39.5 Å². The minimum atomic E-state index is -0.173. The summed E-state index contributed by atoms with van der Waals surface area (Å²) in [4.78, 5) is 11.9. The van der Waals surface area contributed by atoms with E-state index >= 15 is 0 Å². The van der Waals surface area contributed by atoms with Crippen molar-refractivity contribution in [3.63, 3.8) is 0 Å². The number of ether oxygens (including phenoxy) is 1. The minimum absolute atomic E-state index is 0.173. The molecule has 0 heterocycles. The average Bonchev–Trinajstić information content (AvgIpc) is 2.75. The monoisotopic (exact) mass is 492 g/mol. The Balaban J connectivity index is 1.40. The third-order valence-corrected chi connectivity index (χ3v) is 6.08. The van der Waals surface area contributed by atoms with Crippen LogP contribution in [0.4, 0.5) is 0 Å². The molecule has 3 rings (SSSR count). The van der Waals surface area contributed by atoms with Crippen molar-refractivity contribution in [3.05, 3.63) is 98.5 Å². The Hall–Kier alpha value is -2.18. The predicted octanol–water partition coefficient (Wildman–Crippen LogP) is 6.61. The Morgan fingerprint density at radius 3 is 2.48 bits per heavy atom. The van der Waals surface area contributed by atoms with Gasteiger partial charge in [-0.25, -0.2) is 5.43 Å². The average molecular weight is 494 g/mol. The summed E-state index contributed by atoms with van der Waals surface area (Å²) in [7, 11) is 0. The number of carbonyl (C=O) groups is 1. The summed E-state index contributed by atoms with van der Waals surface area (Å²) in [5, 5.41) is 5.85. The van der Waals surface area contributed by atoms with Gasteiger partial charge in [0.1, 0.15) is 12.4 Å². The summed E-state index contributed by atoms with van der Waals surface area (Å²) in [6, 6.07) is 20.2. The summed E-state index contributed by atoms with van der Waals surface area (Å²) >= 11 is 19.6. The van der Waals surface area contributed by atoms with E-state index in [0.717, 1.165) is 16.7 Å². The number of hydrogen-bond donors (Lipinski definition) is 1. The number of thioether (sulfide) groups is 1. The van der Waals surface area contributed by atoms with Crippen LogP contribution in [0, 0.1) is 0 Å². The molecule has 160 valence electrons. The van der Waals surface area contributed by atoms with E-state index in [-0.39, 0.29) is 5.91 Å². The lowest BCUT2D eigenvalue weighted by atomic mass is 10.2. The number of hydrogen-bond acceptors (Lipinski definition) is 4. The van der Waals surface area contributed by atoms with Crippen molar-refractivity contribution in [2.45, 2.75) is 12.4 Å². The molecule has 4 nitrogen and oxygen atoms in total. The first-order valence-electron chi connectivity index (χ1n) is 9.31. The third-order valence-electron chi connectivity index (χ3n) is 4.14. The van der Waals surface area contributed by atoms with Crippen molar-refractivity contribution in [2.75, 3.05) is 5.75 Å². The molecule has 0 atom stereocenters. The molecule has 3 aromatic carbocycles. The van der Waals surface area contributed by atoms with Gasteiger partial charge < -0.3 is 4.74 Å². The van der Waals surface area contributed by atoms with Crippen LogP contribution in [0.5, 0.6) is 5.75 Å². The second-order valence-corrected chi connectivity index (χ2v) is 8.71. The lowest BCUT2D eigenvalue weighted by molar-refractivity contribution is -0.118. The number of carbonyl (C=O) groups excluding carboxylic acids is 1. The molecule has 0 radical (unpaired) electrons. The van der Waals surface area contributed by atoms with Gasteiger partial charge in [-0.3, -0.25) is 4.79 Å². The number of benzene rings is 3. The van der Waals surface area contributed by atoms with Crippen LogP contribution in [0.3, 0.4) is 0 Å². The highest BCUT2D eigenvalue weighted by molar-refractivity contribution is 7.99. The number of nitrogens with zero attached hydrogens (tertiary/aromatic N) is 1. The van der Waals surface area contributed by atoms with Gasteiger partial charge in [-0.1, -0.05) is 59.1 Å². The van der Waals surface area contributed by atoms with Gasteiger partial charge >= 0.3 is 0 Å². The summed E-state index contributed by atoms with van der Waals surface area (Å²) in [6.07, 6.45) is 1.58. The Morgan fingerprint density at radius 1 is 0.968 bits per heavy atom. The van der Waals surface area contributed by atoms with Crippen molar-refractivity contribution in [3.8, 4) is 5.75 Å². The summed E-state index contributed by atoms with van der Waals surface area (Å²) in [5.74, 6) is 1.48. The van der Waals surface area contributed by atoms with E-state index in [0.29, 0.717) is 38.9 Å². The van der Waals surface area contributed by atoms with Crippen LogP contribution in [-0.2, 0) is 17.2 Å². The highest BCUT2D eigenvalue weighted by atomic mass is 35.5. The van der Waals surface area contributed by atoms with Gasteiger partial charge in [0.05, 0.1) is 12.0 Å². The third kappa shape index (κ3) is 7.78. The molecule has 8 heteroatoms. The summed E-state index contributed by atoms with van der Waals surface area (Å²) in [6.45, 7) is 0.339. The molecule has 0 aliphatic rings. The Bertz CT molecular complexity index is 1060. The zero-order valence-corrected chi connectivity index (χ0v) is 19.4. The van der Waals surface area contributed by atoms with Gasteiger partial charge in [0.2, 0.25) is 5.91 Å². The fourth-order valence-electron chi connectivity index (χ4n) is 2.53. The molecule has 1 amide bonds. The van der Waals surface area contributed by atoms with Crippen LogP contribution in [0.25, 0.3) is 0 Å². The molecule has 0 spiro atoms. The zero-order chi connectivity index (χ0) is 22.1. The number of nitrogens with one attached hydrogen (secondary N) is 1. The fraction of sp³-hybridized carbons (Fsp3) is 0.130. The van der Waals surface area contributed by atoms with Crippen molar-refractivity contribution in [1.82, 2.24) is 5.43 Å². The molecule has 31 heavy (non-hydrogen) atoms. The van der Waals surface area contributed by atoms with Gasteiger partial charge in [0.15, 0.2) is 0 Å².